The highest BCUT2D eigenvalue weighted by Crippen LogP contribution is 1.90. The number of urea groups is 1. The van der Waals surface area contributed by atoms with Crippen molar-refractivity contribution in [3.05, 3.63) is 6.54 Å². The van der Waals surface area contributed by atoms with Gasteiger partial charge in [0.1, 0.15) is 6.54 Å². The first-order valence-electron chi connectivity index (χ1n) is 2.87. The number of nitrogens with zero attached hydrogens (tertiary/aromatic N) is 1. The van der Waals surface area contributed by atoms with Gasteiger partial charge in [0, 0.05) is 0 Å². The summed E-state index contributed by atoms with van der Waals surface area (Å²) < 4.78 is 0. The first kappa shape index (κ1) is 6.51. The minimum atomic E-state index is -0.614. The Morgan fingerprint density at radius 1 is 1.78 bits per heavy atom. The van der Waals surface area contributed by atoms with Gasteiger partial charge in [0.25, 0.3) is 0 Å². The lowest BCUT2D eigenvalue weighted by atomic mass is 10.4. The molecule has 1 aliphatic heterocycles. The Bertz CT molecular complexity index is 109. The fourth-order valence-electron chi connectivity index (χ4n) is 0.752. The van der Waals surface area contributed by atoms with Crippen molar-refractivity contribution in [2.45, 2.75) is 0 Å². The van der Waals surface area contributed by atoms with Crippen LogP contribution in [0.25, 0.3) is 0 Å². The molecule has 0 spiro atoms. The number of nitrogens with one attached hydrogen (secondary N) is 2. The van der Waals surface area contributed by atoms with Crippen LogP contribution in [0.1, 0.15) is 0 Å². The van der Waals surface area contributed by atoms with Crippen LogP contribution in [-0.4, -0.2) is 25.7 Å². The Morgan fingerprint density at radius 2 is 2.56 bits per heavy atom. The van der Waals surface area contributed by atoms with Gasteiger partial charge >= 0.3 is 6.03 Å². The topological polar surface area (TPSA) is 58.8 Å². The maximum atomic E-state index is 10.3. The molecule has 0 unspecified atom stereocenters. The Labute approximate surface area is 54.0 Å². The molecule has 0 bridgehead atoms. The van der Waals surface area contributed by atoms with Gasteiger partial charge < -0.3 is 5.32 Å². The summed E-state index contributed by atoms with van der Waals surface area (Å²) in [7, 11) is 0. The number of piperazine rings is 1. The highest BCUT2D eigenvalue weighted by Gasteiger charge is 2.26. The summed E-state index contributed by atoms with van der Waals surface area (Å²) in [5.74, 6) is 0. The first-order chi connectivity index (χ1) is 4.30. The normalized spacial score (nSPS) is 21.8. The molecule has 4 nitrogen and oxygen atoms in total. The maximum absolute atomic E-state index is 10.3. The van der Waals surface area contributed by atoms with Crippen molar-refractivity contribution in [3.8, 4) is 0 Å². The van der Waals surface area contributed by atoms with E-state index < -0.39 is 6.03 Å². The van der Waals surface area contributed by atoms with Crippen LogP contribution in [0.3, 0.4) is 0 Å². The zero-order valence-electron chi connectivity index (χ0n) is 5.05. The fourth-order valence-corrected chi connectivity index (χ4v) is 0.752. The van der Waals surface area contributed by atoms with Crippen molar-refractivity contribution < 1.29 is 4.79 Å². The van der Waals surface area contributed by atoms with E-state index in [0.717, 1.165) is 6.54 Å². The van der Waals surface area contributed by atoms with Gasteiger partial charge in [-0.3, -0.25) is 0 Å². The summed E-state index contributed by atoms with van der Waals surface area (Å²) in [5.41, 5.74) is 6.70. The molecule has 4 heteroatoms. The quantitative estimate of drug-likeness (QED) is 0.437. The number of hydrogen-bond donors (Lipinski definition) is 1. The van der Waals surface area contributed by atoms with Gasteiger partial charge in [0.2, 0.25) is 6.54 Å². The fraction of sp³-hybridized carbons (Fsp3) is 0.600. The molecule has 49 valence electrons. The molecule has 2 amide bonds. The monoisotopic (exact) mass is 127 g/mol. The molecule has 0 aromatic carbocycles. The molecule has 0 saturated carbocycles. The van der Waals surface area contributed by atoms with Gasteiger partial charge in [0.15, 0.2) is 0 Å². The van der Waals surface area contributed by atoms with Crippen LogP contribution >= 0.6 is 0 Å². The second kappa shape index (κ2) is 2.80. The number of hydrogen-bond acceptors (Lipinski definition) is 2. The van der Waals surface area contributed by atoms with Crippen LogP contribution < -0.4 is 16.0 Å². The number of amides is 2. The number of rotatable bonds is 0. The van der Waals surface area contributed by atoms with E-state index >= 15 is 0 Å². The highest BCUT2D eigenvalue weighted by atomic mass is 16.2. The second-order valence-corrected chi connectivity index (χ2v) is 1.89. The molecule has 0 aromatic rings. The predicted molar refractivity (Wildman–Crippen MR) is 32.7 cm³/mol. The molecule has 1 heterocycles. The van der Waals surface area contributed by atoms with E-state index in [1.54, 1.807) is 6.54 Å². The summed E-state index contributed by atoms with van der Waals surface area (Å²) in [4.78, 5) is 11.7. The molecule has 9 heavy (non-hydrogen) atoms. The summed E-state index contributed by atoms with van der Waals surface area (Å²) in [5, 5.41) is 3.04. The van der Waals surface area contributed by atoms with Crippen molar-refractivity contribution >= 4 is 6.03 Å². The van der Waals surface area contributed by atoms with Crippen LogP contribution in [0.5, 0.6) is 0 Å². The first-order valence-corrected chi connectivity index (χ1v) is 2.87. The van der Waals surface area contributed by atoms with Crippen molar-refractivity contribution in [3.63, 3.8) is 0 Å². The van der Waals surface area contributed by atoms with Crippen LogP contribution in [-0.2, 0) is 0 Å². The smallest absolute Gasteiger partial charge is 0.305 e. The number of carbonyl (C=O) groups is 1. The van der Waals surface area contributed by atoms with Crippen molar-refractivity contribution in [1.29, 1.82) is 0 Å². The van der Waals surface area contributed by atoms with Crippen LogP contribution in [0.2, 0.25) is 0 Å². The maximum Gasteiger partial charge on any atom is 0.483 e. The van der Waals surface area contributed by atoms with E-state index in [0.29, 0.717) is 13.1 Å². The SMILES string of the molecule is [NH]C(=O)[N+]1[CH]CNCC1. The van der Waals surface area contributed by atoms with Crippen molar-refractivity contribution in [1.82, 2.24) is 16.0 Å². The van der Waals surface area contributed by atoms with Gasteiger partial charge in [-0.1, -0.05) is 4.90 Å². The van der Waals surface area contributed by atoms with Crippen molar-refractivity contribution in [2.24, 2.45) is 0 Å². The molecule has 2 N–H and O–H groups in total. The van der Waals surface area contributed by atoms with E-state index in [9.17, 15) is 4.79 Å². The summed E-state index contributed by atoms with van der Waals surface area (Å²) in [6.45, 7) is 3.81. The molecule has 1 aliphatic rings. The summed E-state index contributed by atoms with van der Waals surface area (Å²) >= 11 is 0. The Morgan fingerprint density at radius 3 is 2.89 bits per heavy atom. The second-order valence-electron chi connectivity index (χ2n) is 1.89. The van der Waals surface area contributed by atoms with Gasteiger partial charge in [-0.25, -0.2) is 5.73 Å². The number of carbonyl (C=O) groups excluding carboxylic acids is 1. The van der Waals surface area contributed by atoms with Gasteiger partial charge in [0.05, 0.1) is 13.1 Å². The summed E-state index contributed by atoms with van der Waals surface area (Å²) in [6, 6.07) is -0.614. The van der Waals surface area contributed by atoms with Gasteiger partial charge in [-0.2, -0.15) is 4.79 Å². The lowest BCUT2D eigenvalue weighted by Crippen LogP contribution is -2.47. The van der Waals surface area contributed by atoms with E-state index in [4.69, 9.17) is 5.73 Å². The van der Waals surface area contributed by atoms with Crippen LogP contribution in [0, 0.1) is 6.54 Å². The Balaban J connectivity index is 2.31. The minimum absolute atomic E-state index is 0.614. The summed E-state index contributed by atoms with van der Waals surface area (Å²) in [6.07, 6.45) is 0. The van der Waals surface area contributed by atoms with Gasteiger partial charge in [-0.15, -0.1) is 0 Å². The lowest BCUT2D eigenvalue weighted by Gasteiger charge is -2.11. The predicted octanol–water partition coefficient (Wildman–Crippen LogP) is -0.706. The largest absolute Gasteiger partial charge is 0.483 e. The average molecular weight is 127 g/mol. The third-order valence-corrected chi connectivity index (χ3v) is 1.25. The van der Waals surface area contributed by atoms with E-state index in [1.807, 2.05) is 0 Å². The molecule has 1 saturated heterocycles. The molecule has 1 fully saturated rings. The standard InChI is InChI=1S/C5H9N3O/c6-5(9)8-3-1-7-2-4-8/h3,6-7H,1-2,4H2/q+1. The minimum Gasteiger partial charge on any atom is -0.305 e. The highest BCUT2D eigenvalue weighted by molar-refractivity contribution is 5.74. The average Bonchev–Trinajstić information content (AvgIpc) is 1.90. The molecule has 0 atom stereocenters. The van der Waals surface area contributed by atoms with E-state index in [2.05, 4.69) is 5.32 Å². The van der Waals surface area contributed by atoms with Crippen LogP contribution in [0.4, 0.5) is 4.79 Å². The Hall–Kier alpha value is -0.610. The van der Waals surface area contributed by atoms with E-state index in [1.165, 1.54) is 4.90 Å². The molecule has 1 rings (SSSR count). The molecular formula is C5H9N3O+. The van der Waals surface area contributed by atoms with Crippen molar-refractivity contribution in [2.75, 3.05) is 19.6 Å². The molecule has 0 aliphatic carbocycles. The van der Waals surface area contributed by atoms with E-state index in [-0.39, 0.29) is 0 Å². The lowest BCUT2D eigenvalue weighted by molar-refractivity contribution is 0.232. The zero-order chi connectivity index (χ0) is 6.69. The molecule has 0 aromatic heterocycles. The molecular weight excluding hydrogens is 118 g/mol. The Kier molecular flexibility index (Phi) is 2.02. The molecule has 3 radical (unpaired) electrons. The van der Waals surface area contributed by atoms with Gasteiger partial charge in [-0.05, 0) is 0 Å². The third kappa shape index (κ3) is 1.65. The third-order valence-electron chi connectivity index (χ3n) is 1.25. The zero-order valence-corrected chi connectivity index (χ0v) is 5.05. The van der Waals surface area contributed by atoms with Crippen LogP contribution in [0.15, 0.2) is 0 Å².